The van der Waals surface area contributed by atoms with E-state index in [1.807, 2.05) is 5.32 Å². The quantitative estimate of drug-likeness (QED) is 0.141. The molecule has 1 aromatic rings. The zero-order chi connectivity index (χ0) is 26.0. The molecule has 0 aliphatic rings. The number of H-pyrrole nitrogens is 1. The van der Waals surface area contributed by atoms with Crippen LogP contribution in [0.2, 0.25) is 0 Å². The van der Waals surface area contributed by atoms with Gasteiger partial charge in [-0.15, -0.1) is 0 Å². The number of aliphatic hydroxyl groups is 1. The molecular formula is C20H32N6O8. The standard InChI is InChI=1S/C20H32N6O8/c1-4-9(2)15(25-17(30)12(21)5-11-7-22-8-23-11)19(32)24-13(6-14(28)29)18(31)26-16(10(3)27)20(33)34/h7-10,12-13,15-16,27H,4-6,21H2,1-3H3,(H,22,23)(H,24,32)(H,25,30)(H,26,31)(H,28,29)(H,33,34). The number of aromatic amines is 1. The van der Waals surface area contributed by atoms with Gasteiger partial charge in [0.1, 0.15) is 12.1 Å². The number of amides is 3. The van der Waals surface area contributed by atoms with Crippen molar-refractivity contribution < 1.29 is 39.3 Å². The molecule has 14 heteroatoms. The van der Waals surface area contributed by atoms with E-state index in [0.29, 0.717) is 12.1 Å². The SMILES string of the molecule is CCC(C)C(NC(=O)C(N)Cc1cnc[nH]1)C(=O)NC(CC(=O)O)C(=O)NC(C(=O)O)C(C)O. The first kappa shape index (κ1) is 28.5. The minimum absolute atomic E-state index is 0.126. The van der Waals surface area contributed by atoms with Crippen molar-refractivity contribution in [3.63, 3.8) is 0 Å². The Balaban J connectivity index is 2.98. The Morgan fingerprint density at radius 1 is 1.03 bits per heavy atom. The lowest BCUT2D eigenvalue weighted by Gasteiger charge is -2.27. The fraction of sp³-hybridized carbons (Fsp3) is 0.600. The molecule has 0 aliphatic carbocycles. The minimum atomic E-state index is -1.72. The van der Waals surface area contributed by atoms with Gasteiger partial charge in [-0.3, -0.25) is 19.2 Å². The molecule has 0 aromatic carbocycles. The molecule has 1 aromatic heterocycles. The molecule has 34 heavy (non-hydrogen) atoms. The number of nitrogens with two attached hydrogens (primary N) is 1. The normalized spacial score (nSPS) is 16.3. The van der Waals surface area contributed by atoms with Crippen molar-refractivity contribution in [1.29, 1.82) is 0 Å². The molecule has 1 rings (SSSR count). The Morgan fingerprint density at radius 3 is 2.12 bits per heavy atom. The Hall–Kier alpha value is -3.52. The number of nitrogens with zero attached hydrogens (tertiary/aromatic N) is 1. The van der Waals surface area contributed by atoms with Crippen LogP contribution in [0.15, 0.2) is 12.5 Å². The highest BCUT2D eigenvalue weighted by molar-refractivity contribution is 5.95. The maximum atomic E-state index is 12.9. The summed E-state index contributed by atoms with van der Waals surface area (Å²) >= 11 is 0. The van der Waals surface area contributed by atoms with Gasteiger partial charge >= 0.3 is 11.9 Å². The number of hydrogen-bond acceptors (Lipinski definition) is 8. The molecule has 0 saturated heterocycles. The van der Waals surface area contributed by atoms with Crippen LogP contribution in [0.3, 0.4) is 0 Å². The molecule has 0 fully saturated rings. The predicted octanol–water partition coefficient (Wildman–Crippen LogP) is -2.28. The molecule has 6 unspecified atom stereocenters. The Labute approximate surface area is 195 Å². The third-order valence-corrected chi connectivity index (χ3v) is 5.18. The fourth-order valence-electron chi connectivity index (χ4n) is 2.98. The van der Waals surface area contributed by atoms with E-state index < -0.39 is 72.3 Å². The summed E-state index contributed by atoms with van der Waals surface area (Å²) in [5, 5.41) is 34.6. The number of aliphatic carboxylic acids is 2. The summed E-state index contributed by atoms with van der Waals surface area (Å²) in [6.07, 6.45) is 1.16. The number of carbonyl (C=O) groups is 5. The third kappa shape index (κ3) is 8.78. The molecule has 0 aliphatic heterocycles. The second-order valence-electron chi connectivity index (χ2n) is 7.98. The number of aliphatic hydroxyl groups excluding tert-OH is 1. The Bertz CT molecular complexity index is 859. The molecule has 6 atom stereocenters. The largest absolute Gasteiger partial charge is 0.481 e. The number of rotatable bonds is 14. The van der Waals surface area contributed by atoms with E-state index in [0.717, 1.165) is 6.92 Å². The Morgan fingerprint density at radius 2 is 1.65 bits per heavy atom. The van der Waals surface area contributed by atoms with E-state index >= 15 is 0 Å². The molecule has 190 valence electrons. The van der Waals surface area contributed by atoms with Gasteiger partial charge in [-0.2, -0.15) is 0 Å². The lowest BCUT2D eigenvalue weighted by atomic mass is 9.97. The van der Waals surface area contributed by atoms with Gasteiger partial charge in [0.25, 0.3) is 0 Å². The van der Waals surface area contributed by atoms with Crippen LogP contribution in [0.4, 0.5) is 0 Å². The van der Waals surface area contributed by atoms with E-state index in [9.17, 15) is 29.1 Å². The van der Waals surface area contributed by atoms with Crippen molar-refractivity contribution in [3.8, 4) is 0 Å². The summed E-state index contributed by atoms with van der Waals surface area (Å²) in [5.41, 5.74) is 6.52. The van der Waals surface area contributed by atoms with Crippen LogP contribution in [0.5, 0.6) is 0 Å². The molecule has 0 bridgehead atoms. The van der Waals surface area contributed by atoms with E-state index in [1.165, 1.54) is 12.5 Å². The maximum Gasteiger partial charge on any atom is 0.328 e. The highest BCUT2D eigenvalue weighted by Crippen LogP contribution is 2.10. The van der Waals surface area contributed by atoms with Gasteiger partial charge in [-0.05, 0) is 12.8 Å². The van der Waals surface area contributed by atoms with Crippen molar-refractivity contribution in [2.24, 2.45) is 11.7 Å². The van der Waals surface area contributed by atoms with Crippen LogP contribution in [0.1, 0.15) is 39.3 Å². The van der Waals surface area contributed by atoms with E-state index in [2.05, 4.69) is 20.6 Å². The summed E-state index contributed by atoms with van der Waals surface area (Å²) in [5.74, 6) is -6.00. The van der Waals surface area contributed by atoms with E-state index in [4.69, 9.17) is 15.9 Å². The number of carboxylic acid groups (broad SMARTS) is 2. The first-order valence-corrected chi connectivity index (χ1v) is 10.6. The van der Waals surface area contributed by atoms with Crippen molar-refractivity contribution in [2.45, 2.75) is 70.3 Å². The summed E-state index contributed by atoms with van der Waals surface area (Å²) in [6, 6.07) is -5.54. The molecule has 0 spiro atoms. The summed E-state index contributed by atoms with van der Waals surface area (Å²) in [7, 11) is 0. The van der Waals surface area contributed by atoms with Gasteiger partial charge in [-0.1, -0.05) is 20.3 Å². The molecule has 3 amide bonds. The average Bonchev–Trinajstić information content (AvgIpc) is 3.26. The van der Waals surface area contributed by atoms with Gasteiger partial charge < -0.3 is 42.0 Å². The van der Waals surface area contributed by atoms with Crippen LogP contribution < -0.4 is 21.7 Å². The lowest BCUT2D eigenvalue weighted by molar-refractivity contribution is -0.146. The number of imidazole rings is 1. The summed E-state index contributed by atoms with van der Waals surface area (Å²) in [4.78, 5) is 67.2. The van der Waals surface area contributed by atoms with Gasteiger partial charge in [0, 0.05) is 18.3 Å². The van der Waals surface area contributed by atoms with Crippen LogP contribution in [-0.4, -0.2) is 85.2 Å². The van der Waals surface area contributed by atoms with Crippen LogP contribution in [-0.2, 0) is 30.4 Å². The monoisotopic (exact) mass is 484 g/mol. The van der Waals surface area contributed by atoms with Gasteiger partial charge in [-0.25, -0.2) is 9.78 Å². The maximum absolute atomic E-state index is 12.9. The zero-order valence-corrected chi connectivity index (χ0v) is 19.1. The molecule has 0 radical (unpaired) electrons. The van der Waals surface area contributed by atoms with E-state index in [-0.39, 0.29) is 6.42 Å². The predicted molar refractivity (Wildman–Crippen MR) is 117 cm³/mol. The van der Waals surface area contributed by atoms with Crippen molar-refractivity contribution >= 4 is 29.7 Å². The van der Waals surface area contributed by atoms with Gasteiger partial charge in [0.15, 0.2) is 6.04 Å². The second-order valence-corrected chi connectivity index (χ2v) is 7.98. The van der Waals surface area contributed by atoms with Crippen LogP contribution in [0.25, 0.3) is 0 Å². The number of carbonyl (C=O) groups excluding carboxylic acids is 3. The van der Waals surface area contributed by atoms with Gasteiger partial charge in [0.05, 0.1) is 24.9 Å². The van der Waals surface area contributed by atoms with Crippen LogP contribution >= 0.6 is 0 Å². The highest BCUT2D eigenvalue weighted by atomic mass is 16.4. The average molecular weight is 485 g/mol. The third-order valence-electron chi connectivity index (χ3n) is 5.18. The number of hydrogen-bond donors (Lipinski definition) is 8. The van der Waals surface area contributed by atoms with Crippen molar-refractivity contribution in [3.05, 3.63) is 18.2 Å². The number of carboxylic acids is 2. The zero-order valence-electron chi connectivity index (χ0n) is 19.1. The number of aromatic nitrogens is 2. The van der Waals surface area contributed by atoms with E-state index in [1.54, 1.807) is 13.8 Å². The topological polar surface area (TPSA) is 237 Å². The Kier molecular flexibility index (Phi) is 11.1. The molecular weight excluding hydrogens is 452 g/mol. The van der Waals surface area contributed by atoms with Crippen molar-refractivity contribution in [2.75, 3.05) is 0 Å². The lowest BCUT2D eigenvalue weighted by Crippen LogP contribution is -2.60. The smallest absolute Gasteiger partial charge is 0.328 e. The number of nitrogens with one attached hydrogen (secondary N) is 4. The first-order valence-electron chi connectivity index (χ1n) is 10.6. The fourth-order valence-corrected chi connectivity index (χ4v) is 2.98. The second kappa shape index (κ2) is 13.3. The first-order chi connectivity index (χ1) is 15.9. The van der Waals surface area contributed by atoms with Crippen LogP contribution in [0, 0.1) is 5.92 Å². The van der Waals surface area contributed by atoms with Crippen molar-refractivity contribution in [1.82, 2.24) is 25.9 Å². The molecule has 14 nitrogen and oxygen atoms in total. The minimum Gasteiger partial charge on any atom is -0.481 e. The molecule has 9 N–H and O–H groups in total. The summed E-state index contributed by atoms with van der Waals surface area (Å²) < 4.78 is 0. The molecule has 0 saturated carbocycles. The summed E-state index contributed by atoms with van der Waals surface area (Å²) in [6.45, 7) is 4.57. The molecule has 1 heterocycles. The van der Waals surface area contributed by atoms with Gasteiger partial charge in [0.2, 0.25) is 17.7 Å². The highest BCUT2D eigenvalue weighted by Gasteiger charge is 2.34.